The van der Waals surface area contributed by atoms with Gasteiger partial charge in [-0.15, -0.1) is 6.58 Å². The van der Waals surface area contributed by atoms with Crippen LogP contribution in [0.1, 0.15) is 6.42 Å². The lowest BCUT2D eigenvalue weighted by Gasteiger charge is -2.14. The van der Waals surface area contributed by atoms with Gasteiger partial charge in [-0.25, -0.2) is 0 Å². The second kappa shape index (κ2) is 6.27. The van der Waals surface area contributed by atoms with Crippen molar-refractivity contribution in [2.45, 2.75) is 6.42 Å². The summed E-state index contributed by atoms with van der Waals surface area (Å²) >= 11 is 0. The zero-order valence-electron chi connectivity index (χ0n) is 9.66. The van der Waals surface area contributed by atoms with Crippen molar-refractivity contribution in [2.75, 3.05) is 33.2 Å². The molecule has 16 heavy (non-hydrogen) atoms. The third-order valence-corrected chi connectivity index (χ3v) is 2.70. The van der Waals surface area contributed by atoms with Crippen LogP contribution < -0.4 is 10.6 Å². The molecule has 0 radical (unpaired) electrons. The molecule has 1 aliphatic heterocycles. The Balaban J connectivity index is 2.28. The second-order valence-corrected chi connectivity index (χ2v) is 3.93. The molecule has 1 saturated heterocycles. The summed E-state index contributed by atoms with van der Waals surface area (Å²) in [5.41, 5.74) is 0. The summed E-state index contributed by atoms with van der Waals surface area (Å²) < 4.78 is 0. The molecule has 1 rings (SSSR count). The average molecular weight is 225 g/mol. The summed E-state index contributed by atoms with van der Waals surface area (Å²) in [4.78, 5) is 24.8. The predicted molar refractivity (Wildman–Crippen MR) is 61.8 cm³/mol. The van der Waals surface area contributed by atoms with Gasteiger partial charge in [-0.3, -0.25) is 14.5 Å². The summed E-state index contributed by atoms with van der Waals surface area (Å²) in [6, 6.07) is 0. The Bertz CT molecular complexity index is 278. The Kier molecular flexibility index (Phi) is 4.98. The summed E-state index contributed by atoms with van der Waals surface area (Å²) in [6.45, 7) is 5.86. The average Bonchev–Trinajstić information content (AvgIpc) is 2.73. The first-order chi connectivity index (χ1) is 7.67. The Morgan fingerprint density at radius 3 is 2.94 bits per heavy atom. The lowest BCUT2D eigenvalue weighted by molar-refractivity contribution is -0.125. The van der Waals surface area contributed by atoms with Crippen molar-refractivity contribution < 1.29 is 9.59 Å². The van der Waals surface area contributed by atoms with E-state index in [9.17, 15) is 9.59 Å². The van der Waals surface area contributed by atoms with Crippen LogP contribution in [0.2, 0.25) is 0 Å². The smallest absolute Gasteiger partial charge is 0.234 e. The fourth-order valence-corrected chi connectivity index (χ4v) is 1.84. The van der Waals surface area contributed by atoms with Crippen molar-refractivity contribution >= 4 is 11.8 Å². The predicted octanol–water partition coefficient (Wildman–Crippen LogP) is -0.643. The highest BCUT2D eigenvalue weighted by Crippen LogP contribution is 2.15. The molecule has 1 heterocycles. The molecule has 0 aromatic rings. The SMILES string of the molecule is C=CCNC(=O)CN1CCC(C(=O)NC)C1. The lowest BCUT2D eigenvalue weighted by atomic mass is 10.1. The highest BCUT2D eigenvalue weighted by molar-refractivity contribution is 5.80. The summed E-state index contributed by atoms with van der Waals surface area (Å²) in [6.07, 6.45) is 2.48. The van der Waals surface area contributed by atoms with Crippen LogP contribution in [0.4, 0.5) is 0 Å². The molecule has 1 unspecified atom stereocenters. The van der Waals surface area contributed by atoms with Gasteiger partial charge in [0.1, 0.15) is 0 Å². The van der Waals surface area contributed by atoms with Crippen LogP contribution in [0.25, 0.3) is 0 Å². The first-order valence-corrected chi connectivity index (χ1v) is 5.49. The normalized spacial score (nSPS) is 20.4. The molecule has 1 fully saturated rings. The monoisotopic (exact) mass is 225 g/mol. The van der Waals surface area contributed by atoms with Crippen LogP contribution >= 0.6 is 0 Å². The molecule has 90 valence electrons. The molecule has 5 nitrogen and oxygen atoms in total. The van der Waals surface area contributed by atoms with Gasteiger partial charge in [-0.1, -0.05) is 6.08 Å². The van der Waals surface area contributed by atoms with Gasteiger partial charge in [0.05, 0.1) is 12.5 Å². The van der Waals surface area contributed by atoms with Crippen molar-refractivity contribution in [3.05, 3.63) is 12.7 Å². The lowest BCUT2D eigenvalue weighted by Crippen LogP contribution is -2.37. The Hall–Kier alpha value is -1.36. The number of carbonyl (C=O) groups excluding carboxylic acids is 2. The van der Waals surface area contributed by atoms with E-state index in [0.717, 1.165) is 13.0 Å². The molecule has 0 spiro atoms. The standard InChI is InChI=1S/C11H19N3O2/c1-3-5-13-10(15)8-14-6-4-9(7-14)11(16)12-2/h3,9H,1,4-8H2,2H3,(H,12,16)(H,13,15). The highest BCUT2D eigenvalue weighted by Gasteiger charge is 2.28. The maximum atomic E-state index is 11.4. The Labute approximate surface area is 95.9 Å². The van der Waals surface area contributed by atoms with Gasteiger partial charge in [-0.05, 0) is 13.0 Å². The Morgan fingerprint density at radius 2 is 2.31 bits per heavy atom. The van der Waals surface area contributed by atoms with Crippen molar-refractivity contribution in [1.29, 1.82) is 0 Å². The number of nitrogens with zero attached hydrogens (tertiary/aromatic N) is 1. The van der Waals surface area contributed by atoms with Gasteiger partial charge in [-0.2, -0.15) is 0 Å². The number of hydrogen-bond donors (Lipinski definition) is 2. The molecule has 5 heteroatoms. The molecule has 2 N–H and O–H groups in total. The molecule has 2 amide bonds. The van der Waals surface area contributed by atoms with E-state index < -0.39 is 0 Å². The number of carbonyl (C=O) groups is 2. The van der Waals surface area contributed by atoms with Crippen molar-refractivity contribution in [3.8, 4) is 0 Å². The summed E-state index contributed by atoms with van der Waals surface area (Å²) in [5, 5.41) is 5.35. The third kappa shape index (κ3) is 3.66. The molecule has 1 aliphatic rings. The number of amides is 2. The van der Waals surface area contributed by atoms with Gasteiger partial charge in [0.25, 0.3) is 0 Å². The van der Waals surface area contributed by atoms with Crippen LogP contribution in [0.3, 0.4) is 0 Å². The van der Waals surface area contributed by atoms with Gasteiger partial charge in [0, 0.05) is 20.1 Å². The van der Waals surface area contributed by atoms with E-state index in [1.165, 1.54) is 0 Å². The minimum absolute atomic E-state index is 0.0162. The molecule has 0 aromatic carbocycles. The molecular weight excluding hydrogens is 206 g/mol. The van der Waals surface area contributed by atoms with E-state index in [-0.39, 0.29) is 17.7 Å². The minimum atomic E-state index is -0.0162. The first kappa shape index (κ1) is 12.7. The number of hydrogen-bond acceptors (Lipinski definition) is 3. The molecule has 0 saturated carbocycles. The van der Waals surface area contributed by atoms with Crippen LogP contribution in [-0.2, 0) is 9.59 Å². The summed E-state index contributed by atoms with van der Waals surface area (Å²) in [5.74, 6) is 0.0728. The molecule has 0 bridgehead atoms. The molecule has 0 aliphatic carbocycles. The molecule has 1 atom stereocenters. The third-order valence-electron chi connectivity index (χ3n) is 2.70. The zero-order chi connectivity index (χ0) is 12.0. The number of likely N-dealkylation sites (tertiary alicyclic amines) is 1. The summed E-state index contributed by atoms with van der Waals surface area (Å²) in [7, 11) is 1.64. The molecular formula is C11H19N3O2. The van der Waals surface area contributed by atoms with Crippen LogP contribution in [0.15, 0.2) is 12.7 Å². The van der Waals surface area contributed by atoms with Crippen molar-refractivity contribution in [1.82, 2.24) is 15.5 Å². The minimum Gasteiger partial charge on any atom is -0.359 e. The van der Waals surface area contributed by atoms with E-state index in [1.54, 1.807) is 13.1 Å². The maximum absolute atomic E-state index is 11.4. The van der Waals surface area contributed by atoms with Crippen molar-refractivity contribution in [2.24, 2.45) is 5.92 Å². The van der Waals surface area contributed by atoms with Gasteiger partial charge < -0.3 is 10.6 Å². The van der Waals surface area contributed by atoms with E-state index >= 15 is 0 Å². The van der Waals surface area contributed by atoms with Crippen LogP contribution in [0, 0.1) is 5.92 Å². The second-order valence-electron chi connectivity index (χ2n) is 3.93. The quantitative estimate of drug-likeness (QED) is 0.612. The van der Waals surface area contributed by atoms with Gasteiger partial charge in [0.15, 0.2) is 0 Å². The van der Waals surface area contributed by atoms with E-state index in [1.807, 2.05) is 4.90 Å². The Morgan fingerprint density at radius 1 is 1.56 bits per heavy atom. The molecule has 0 aromatic heterocycles. The fourth-order valence-electron chi connectivity index (χ4n) is 1.84. The van der Waals surface area contributed by atoms with Gasteiger partial charge >= 0.3 is 0 Å². The maximum Gasteiger partial charge on any atom is 0.234 e. The number of nitrogens with one attached hydrogen (secondary N) is 2. The van der Waals surface area contributed by atoms with Crippen LogP contribution in [0.5, 0.6) is 0 Å². The van der Waals surface area contributed by atoms with Gasteiger partial charge in [0.2, 0.25) is 11.8 Å². The highest BCUT2D eigenvalue weighted by atomic mass is 16.2. The van der Waals surface area contributed by atoms with E-state index in [4.69, 9.17) is 0 Å². The van der Waals surface area contributed by atoms with E-state index in [0.29, 0.717) is 19.6 Å². The first-order valence-electron chi connectivity index (χ1n) is 5.49. The van der Waals surface area contributed by atoms with Crippen LogP contribution in [-0.4, -0.2) is 49.9 Å². The zero-order valence-corrected chi connectivity index (χ0v) is 9.66. The largest absolute Gasteiger partial charge is 0.359 e. The topological polar surface area (TPSA) is 61.4 Å². The van der Waals surface area contributed by atoms with E-state index in [2.05, 4.69) is 17.2 Å². The van der Waals surface area contributed by atoms with Crippen molar-refractivity contribution in [3.63, 3.8) is 0 Å². The number of rotatable bonds is 5. The fraction of sp³-hybridized carbons (Fsp3) is 0.636.